The molecule has 2 rings (SSSR count). The van der Waals surface area contributed by atoms with E-state index in [2.05, 4.69) is 41.6 Å². The summed E-state index contributed by atoms with van der Waals surface area (Å²) in [5.41, 5.74) is 1.28. The summed E-state index contributed by atoms with van der Waals surface area (Å²) >= 11 is 0. The van der Waals surface area contributed by atoms with Gasteiger partial charge in [-0.05, 0) is 30.9 Å². The lowest BCUT2D eigenvalue weighted by molar-refractivity contribution is 0.0258. The Kier molecular flexibility index (Phi) is 10.2. The second-order valence-corrected chi connectivity index (χ2v) is 6.46. The van der Waals surface area contributed by atoms with Crippen LogP contribution in [0.15, 0.2) is 29.3 Å². The van der Waals surface area contributed by atoms with Gasteiger partial charge in [0.25, 0.3) is 0 Å². The molecule has 0 spiro atoms. The van der Waals surface area contributed by atoms with E-state index in [-0.39, 0.29) is 36.2 Å². The van der Waals surface area contributed by atoms with Crippen molar-refractivity contribution in [3.8, 4) is 5.75 Å². The number of para-hydroxylation sites is 1. The van der Waals surface area contributed by atoms with Crippen LogP contribution in [0.5, 0.6) is 5.75 Å². The molecule has 2 N–H and O–H groups in total. The van der Waals surface area contributed by atoms with Crippen molar-refractivity contribution in [1.29, 1.82) is 0 Å². The fourth-order valence-corrected chi connectivity index (χ4v) is 2.95. The van der Waals surface area contributed by atoms with Gasteiger partial charge in [-0.2, -0.15) is 0 Å². The average molecular weight is 461 g/mol. The molecule has 2 unspecified atom stereocenters. The summed E-state index contributed by atoms with van der Waals surface area (Å²) in [6, 6.07) is 8.23. The normalized spacial score (nSPS) is 17.5. The maximum Gasteiger partial charge on any atom is 0.191 e. The van der Waals surface area contributed by atoms with Gasteiger partial charge in [-0.1, -0.05) is 32.0 Å². The molecule has 2 atom stereocenters. The zero-order chi connectivity index (χ0) is 17.4. The standard InChI is InChI=1S/C19H31N3O2.HI/c1-5-23-17(14(2)3)10-11-21-19(20-4)22-13-16-12-15-8-6-7-9-18(15)24-16;/h6-9,14,16-17H,5,10-13H2,1-4H3,(H2,20,21,22);1H. The lowest BCUT2D eigenvalue weighted by Crippen LogP contribution is -2.43. The van der Waals surface area contributed by atoms with Crippen molar-refractivity contribution in [2.75, 3.05) is 26.7 Å². The predicted molar refractivity (Wildman–Crippen MR) is 114 cm³/mol. The molecule has 1 aromatic carbocycles. The van der Waals surface area contributed by atoms with Crippen LogP contribution in [0.25, 0.3) is 0 Å². The second-order valence-electron chi connectivity index (χ2n) is 6.46. The lowest BCUT2D eigenvalue weighted by atomic mass is 10.0. The summed E-state index contributed by atoms with van der Waals surface area (Å²) < 4.78 is 11.7. The maximum absolute atomic E-state index is 5.94. The van der Waals surface area contributed by atoms with Crippen LogP contribution in [-0.2, 0) is 11.2 Å². The van der Waals surface area contributed by atoms with Crippen LogP contribution in [0.3, 0.4) is 0 Å². The summed E-state index contributed by atoms with van der Waals surface area (Å²) in [4.78, 5) is 4.28. The summed E-state index contributed by atoms with van der Waals surface area (Å²) in [5.74, 6) is 2.34. The van der Waals surface area contributed by atoms with Gasteiger partial charge in [0, 0.05) is 26.6 Å². The Labute approximate surface area is 169 Å². The van der Waals surface area contributed by atoms with E-state index < -0.39 is 0 Å². The van der Waals surface area contributed by atoms with E-state index >= 15 is 0 Å². The van der Waals surface area contributed by atoms with Crippen LogP contribution in [0.2, 0.25) is 0 Å². The van der Waals surface area contributed by atoms with Gasteiger partial charge in [0.2, 0.25) is 0 Å². The number of benzene rings is 1. The third-order valence-electron chi connectivity index (χ3n) is 4.28. The largest absolute Gasteiger partial charge is 0.488 e. The van der Waals surface area contributed by atoms with E-state index in [4.69, 9.17) is 9.47 Å². The van der Waals surface area contributed by atoms with Crippen molar-refractivity contribution >= 4 is 29.9 Å². The number of hydrogen-bond acceptors (Lipinski definition) is 3. The van der Waals surface area contributed by atoms with Gasteiger partial charge >= 0.3 is 0 Å². The van der Waals surface area contributed by atoms with Crippen molar-refractivity contribution in [2.24, 2.45) is 10.9 Å². The Morgan fingerprint density at radius 3 is 2.72 bits per heavy atom. The molecule has 0 fully saturated rings. The number of nitrogens with one attached hydrogen (secondary N) is 2. The van der Waals surface area contributed by atoms with E-state index in [0.29, 0.717) is 5.92 Å². The Morgan fingerprint density at radius 2 is 2.08 bits per heavy atom. The number of guanidine groups is 1. The first kappa shape index (κ1) is 22.0. The number of rotatable bonds is 8. The fraction of sp³-hybridized carbons (Fsp3) is 0.632. The van der Waals surface area contributed by atoms with Gasteiger partial charge in [0.05, 0.1) is 12.6 Å². The number of nitrogens with zero attached hydrogens (tertiary/aromatic N) is 1. The topological polar surface area (TPSA) is 54.9 Å². The molecule has 1 aliphatic heterocycles. The van der Waals surface area contributed by atoms with Crippen LogP contribution in [0.4, 0.5) is 0 Å². The molecule has 0 aliphatic carbocycles. The summed E-state index contributed by atoms with van der Waals surface area (Å²) in [6.45, 7) is 8.78. The van der Waals surface area contributed by atoms with Crippen molar-refractivity contribution < 1.29 is 9.47 Å². The van der Waals surface area contributed by atoms with E-state index in [9.17, 15) is 0 Å². The molecule has 1 aliphatic rings. The maximum atomic E-state index is 5.94. The molecule has 142 valence electrons. The molecule has 0 saturated heterocycles. The minimum atomic E-state index is 0. The van der Waals surface area contributed by atoms with E-state index in [0.717, 1.165) is 44.2 Å². The van der Waals surface area contributed by atoms with E-state index in [1.807, 2.05) is 19.1 Å². The predicted octanol–water partition coefficient (Wildman–Crippen LogP) is 3.22. The van der Waals surface area contributed by atoms with Gasteiger partial charge in [-0.25, -0.2) is 0 Å². The van der Waals surface area contributed by atoms with Crippen molar-refractivity contribution in [3.05, 3.63) is 29.8 Å². The minimum Gasteiger partial charge on any atom is -0.488 e. The monoisotopic (exact) mass is 461 g/mol. The van der Waals surface area contributed by atoms with Gasteiger partial charge in [0.15, 0.2) is 5.96 Å². The summed E-state index contributed by atoms with van der Waals surface area (Å²) in [7, 11) is 1.79. The molecule has 25 heavy (non-hydrogen) atoms. The lowest BCUT2D eigenvalue weighted by Gasteiger charge is -2.22. The molecule has 0 bridgehead atoms. The van der Waals surface area contributed by atoms with Gasteiger partial charge in [-0.15, -0.1) is 24.0 Å². The molecule has 6 heteroatoms. The highest BCUT2D eigenvalue weighted by atomic mass is 127. The highest BCUT2D eigenvalue weighted by Gasteiger charge is 2.22. The zero-order valence-corrected chi connectivity index (χ0v) is 18.1. The Hall–Kier alpha value is -1.02. The Bertz CT molecular complexity index is 512. The number of aliphatic imine (C=N–C) groups is 1. The first-order valence-electron chi connectivity index (χ1n) is 8.94. The smallest absolute Gasteiger partial charge is 0.191 e. The number of fused-ring (bicyclic) bond motifs is 1. The van der Waals surface area contributed by atoms with Gasteiger partial charge in [0.1, 0.15) is 11.9 Å². The Balaban J connectivity index is 0.00000312. The zero-order valence-electron chi connectivity index (χ0n) is 15.7. The average Bonchev–Trinajstić information content (AvgIpc) is 2.99. The molecular weight excluding hydrogens is 429 g/mol. The first-order valence-corrected chi connectivity index (χ1v) is 8.94. The SMILES string of the molecule is CCOC(CCNC(=NC)NCC1Cc2ccccc2O1)C(C)C.I. The first-order chi connectivity index (χ1) is 11.6. The van der Waals surface area contributed by atoms with Crippen LogP contribution >= 0.6 is 24.0 Å². The van der Waals surface area contributed by atoms with Crippen molar-refractivity contribution in [3.63, 3.8) is 0 Å². The minimum absolute atomic E-state index is 0. The number of ether oxygens (including phenoxy) is 2. The van der Waals surface area contributed by atoms with E-state index in [1.54, 1.807) is 7.05 Å². The molecule has 0 radical (unpaired) electrons. The van der Waals surface area contributed by atoms with Crippen molar-refractivity contribution in [2.45, 2.75) is 45.8 Å². The quantitative estimate of drug-likeness (QED) is 0.355. The van der Waals surface area contributed by atoms with Gasteiger partial charge in [-0.3, -0.25) is 4.99 Å². The third-order valence-corrected chi connectivity index (χ3v) is 4.28. The summed E-state index contributed by atoms with van der Waals surface area (Å²) in [6.07, 6.45) is 2.36. The van der Waals surface area contributed by atoms with Gasteiger partial charge < -0.3 is 20.1 Å². The summed E-state index contributed by atoms with van der Waals surface area (Å²) in [5, 5.41) is 6.72. The van der Waals surface area contributed by atoms with Crippen LogP contribution in [0, 0.1) is 5.92 Å². The molecule has 1 heterocycles. The molecule has 1 aromatic rings. The molecular formula is C19H32IN3O2. The van der Waals surface area contributed by atoms with Crippen LogP contribution in [0.1, 0.15) is 32.8 Å². The molecule has 0 amide bonds. The fourth-order valence-electron chi connectivity index (χ4n) is 2.95. The number of hydrogen-bond donors (Lipinski definition) is 2. The molecule has 0 aromatic heterocycles. The van der Waals surface area contributed by atoms with Crippen LogP contribution in [-0.4, -0.2) is 44.9 Å². The second kappa shape index (κ2) is 11.6. The highest BCUT2D eigenvalue weighted by molar-refractivity contribution is 14.0. The third kappa shape index (κ3) is 7.01. The van der Waals surface area contributed by atoms with Crippen molar-refractivity contribution in [1.82, 2.24) is 10.6 Å². The Morgan fingerprint density at radius 1 is 1.32 bits per heavy atom. The number of halogens is 1. The molecule has 5 nitrogen and oxygen atoms in total. The van der Waals surface area contributed by atoms with Crippen LogP contribution < -0.4 is 15.4 Å². The van der Waals surface area contributed by atoms with E-state index in [1.165, 1.54) is 5.56 Å². The highest BCUT2D eigenvalue weighted by Crippen LogP contribution is 2.27. The molecule has 0 saturated carbocycles.